The molecular weight excluding hydrogens is 561 g/mol. The van der Waals surface area contributed by atoms with Gasteiger partial charge in [0.2, 0.25) is 0 Å². The lowest BCUT2D eigenvalue weighted by Gasteiger charge is -2.12. The molecule has 0 saturated carbocycles. The summed E-state index contributed by atoms with van der Waals surface area (Å²) in [5, 5.41) is 19.3. The van der Waals surface area contributed by atoms with Crippen LogP contribution in [0, 0.1) is 6.92 Å². The van der Waals surface area contributed by atoms with Crippen molar-refractivity contribution in [2.75, 3.05) is 19.8 Å². The Morgan fingerprint density at radius 1 is 1.05 bits per heavy atom. The van der Waals surface area contributed by atoms with E-state index in [0.717, 1.165) is 32.4 Å². The summed E-state index contributed by atoms with van der Waals surface area (Å²) < 4.78 is 52.8. The number of aryl methyl sites for hydroxylation is 1. The van der Waals surface area contributed by atoms with Gasteiger partial charge in [-0.25, -0.2) is 4.98 Å². The number of ether oxygens (including phenoxy) is 3. The molecule has 0 atom stereocenters. The van der Waals surface area contributed by atoms with Gasteiger partial charge in [-0.1, -0.05) is 42.5 Å². The summed E-state index contributed by atoms with van der Waals surface area (Å²) in [5.41, 5.74) is 3.76. The number of hydrazone groups is 2. The van der Waals surface area contributed by atoms with Crippen LogP contribution in [0.4, 0.5) is 13.2 Å². The molecule has 3 aromatic rings. The number of alkyl halides is 3. The third-order valence-corrected chi connectivity index (χ3v) is 6.58. The van der Waals surface area contributed by atoms with Crippen molar-refractivity contribution in [1.82, 2.24) is 10.1 Å². The van der Waals surface area contributed by atoms with E-state index in [1.54, 1.807) is 32.2 Å². The Labute approximate surface area is 239 Å². The zero-order chi connectivity index (χ0) is 30.0. The standard InChI is InChI=1S/C28H31F3N4O5S/c1-5-19(3)33-35(17-26(36)37)34-20(4)25-16-32-27(41-25)39-14-6-13-38-24-15-22(8-7-18(24)2)21-9-11-23(12-10-21)40-28(29,30)31/h7-12,15-16H,5-6,13-14,17H2,1-4H3,(H,36,37)/b33-19+,34-20+. The second kappa shape index (κ2) is 14.5. The lowest BCUT2D eigenvalue weighted by Crippen LogP contribution is -2.22. The van der Waals surface area contributed by atoms with Crippen molar-refractivity contribution >= 4 is 28.7 Å². The highest BCUT2D eigenvalue weighted by Gasteiger charge is 2.31. The van der Waals surface area contributed by atoms with Crippen LogP contribution in [-0.2, 0) is 4.79 Å². The first-order valence-electron chi connectivity index (χ1n) is 12.7. The van der Waals surface area contributed by atoms with Crippen LogP contribution in [-0.4, -0.2) is 58.7 Å². The van der Waals surface area contributed by atoms with Crippen LogP contribution in [0.25, 0.3) is 11.1 Å². The Hall–Kier alpha value is -4.13. The number of thiazole rings is 1. The van der Waals surface area contributed by atoms with Crippen molar-refractivity contribution in [3.63, 3.8) is 0 Å². The first kappa shape index (κ1) is 31.4. The highest BCUT2D eigenvalue weighted by atomic mass is 32.1. The molecule has 3 rings (SSSR count). The van der Waals surface area contributed by atoms with Gasteiger partial charge in [0.25, 0.3) is 5.19 Å². The van der Waals surface area contributed by atoms with Crippen molar-refractivity contribution in [1.29, 1.82) is 0 Å². The molecule has 2 aromatic carbocycles. The lowest BCUT2D eigenvalue weighted by atomic mass is 10.0. The molecular formula is C28H31F3N4O5S. The lowest BCUT2D eigenvalue weighted by molar-refractivity contribution is -0.274. The van der Waals surface area contributed by atoms with Gasteiger partial charge in [0, 0.05) is 12.1 Å². The molecule has 0 unspecified atom stereocenters. The van der Waals surface area contributed by atoms with Gasteiger partial charge in [0.1, 0.15) is 11.5 Å². The number of carboxylic acid groups (broad SMARTS) is 1. The number of nitrogens with zero attached hydrogens (tertiary/aromatic N) is 4. The maximum atomic E-state index is 12.4. The van der Waals surface area contributed by atoms with Gasteiger partial charge >= 0.3 is 12.3 Å². The molecule has 0 radical (unpaired) electrons. The molecule has 41 heavy (non-hydrogen) atoms. The Morgan fingerprint density at radius 3 is 2.39 bits per heavy atom. The minimum Gasteiger partial charge on any atom is -0.493 e. The number of hydrogen-bond acceptors (Lipinski definition) is 9. The summed E-state index contributed by atoms with van der Waals surface area (Å²) in [6.45, 7) is 7.75. The number of aromatic nitrogens is 1. The maximum absolute atomic E-state index is 12.4. The highest BCUT2D eigenvalue weighted by Crippen LogP contribution is 2.30. The molecule has 1 aromatic heterocycles. The van der Waals surface area contributed by atoms with Crippen LogP contribution >= 0.6 is 11.3 Å². The predicted octanol–water partition coefficient (Wildman–Crippen LogP) is 6.76. The molecule has 13 heteroatoms. The molecule has 0 saturated heterocycles. The van der Waals surface area contributed by atoms with Gasteiger partial charge in [-0.3, -0.25) is 4.79 Å². The van der Waals surface area contributed by atoms with Gasteiger partial charge < -0.3 is 19.3 Å². The monoisotopic (exact) mass is 592 g/mol. The van der Waals surface area contributed by atoms with Crippen molar-refractivity contribution in [2.24, 2.45) is 10.2 Å². The quantitative estimate of drug-likeness (QED) is 0.125. The van der Waals surface area contributed by atoms with Crippen LogP contribution < -0.4 is 14.2 Å². The summed E-state index contributed by atoms with van der Waals surface area (Å²) in [6.07, 6.45) is -1.87. The summed E-state index contributed by atoms with van der Waals surface area (Å²) in [4.78, 5) is 16.1. The van der Waals surface area contributed by atoms with Crippen LogP contribution in [0.15, 0.2) is 58.9 Å². The SMILES string of the molecule is CC/C(C)=N/N(CC(=O)O)/N=C(\C)c1cnc(OCCCOc2cc(-c3ccc(OC(F)(F)F)cc3)ccc2C)s1. The Balaban J connectivity index is 1.52. The van der Waals surface area contributed by atoms with E-state index in [4.69, 9.17) is 14.6 Å². The van der Waals surface area contributed by atoms with Gasteiger partial charge in [-0.15, -0.1) is 13.2 Å². The van der Waals surface area contributed by atoms with E-state index in [0.29, 0.717) is 42.7 Å². The van der Waals surface area contributed by atoms with E-state index in [-0.39, 0.29) is 12.3 Å². The molecule has 0 amide bonds. The Morgan fingerprint density at radius 2 is 1.73 bits per heavy atom. The van der Waals surface area contributed by atoms with Crippen LogP contribution in [0.2, 0.25) is 0 Å². The minimum absolute atomic E-state index is 0.281. The summed E-state index contributed by atoms with van der Waals surface area (Å²) >= 11 is 1.29. The first-order valence-corrected chi connectivity index (χ1v) is 13.5. The van der Waals surface area contributed by atoms with Crippen molar-refractivity contribution < 1.29 is 37.3 Å². The second-order valence-corrected chi connectivity index (χ2v) is 9.88. The molecule has 1 heterocycles. The van der Waals surface area contributed by atoms with E-state index >= 15 is 0 Å². The average molecular weight is 593 g/mol. The number of carboxylic acids is 1. The topological polar surface area (TPSA) is 106 Å². The average Bonchev–Trinajstić information content (AvgIpc) is 3.38. The fourth-order valence-electron chi connectivity index (χ4n) is 3.38. The molecule has 0 spiro atoms. The highest BCUT2D eigenvalue weighted by molar-refractivity contribution is 7.15. The number of rotatable bonds is 14. The maximum Gasteiger partial charge on any atom is 0.573 e. The number of halogens is 3. The molecule has 0 fully saturated rings. The number of hydrogen-bond donors (Lipinski definition) is 1. The zero-order valence-electron chi connectivity index (χ0n) is 23.1. The van der Waals surface area contributed by atoms with Gasteiger partial charge in [0.15, 0.2) is 6.54 Å². The third-order valence-electron chi connectivity index (χ3n) is 5.56. The normalized spacial score (nSPS) is 12.3. The molecule has 1 N–H and O–H groups in total. The largest absolute Gasteiger partial charge is 0.573 e. The van der Waals surface area contributed by atoms with Gasteiger partial charge in [-0.05, 0) is 62.1 Å². The van der Waals surface area contributed by atoms with Crippen molar-refractivity contribution in [3.05, 3.63) is 59.1 Å². The summed E-state index contributed by atoms with van der Waals surface area (Å²) in [7, 11) is 0. The Kier molecular flexibility index (Phi) is 11.1. The second-order valence-electron chi connectivity index (χ2n) is 8.89. The van der Waals surface area contributed by atoms with Gasteiger partial charge in [-0.2, -0.15) is 15.3 Å². The smallest absolute Gasteiger partial charge is 0.493 e. The van der Waals surface area contributed by atoms with Crippen molar-refractivity contribution in [3.8, 4) is 27.8 Å². The molecule has 0 bridgehead atoms. The van der Waals surface area contributed by atoms with E-state index in [1.165, 1.54) is 23.5 Å². The van der Waals surface area contributed by atoms with Gasteiger partial charge in [0.05, 0.1) is 30.0 Å². The third kappa shape index (κ3) is 10.4. The molecule has 9 nitrogen and oxygen atoms in total. The molecule has 220 valence electrons. The first-order chi connectivity index (χ1) is 19.4. The fourth-order valence-corrected chi connectivity index (χ4v) is 4.11. The number of aliphatic carboxylic acids is 1. The van der Waals surface area contributed by atoms with Crippen LogP contribution in [0.3, 0.4) is 0 Å². The molecule has 0 aliphatic rings. The van der Waals surface area contributed by atoms with Crippen LogP contribution in [0.1, 0.15) is 44.1 Å². The van der Waals surface area contributed by atoms with Crippen LogP contribution in [0.5, 0.6) is 16.7 Å². The van der Waals surface area contributed by atoms with Crippen molar-refractivity contribution in [2.45, 2.75) is 46.9 Å². The summed E-state index contributed by atoms with van der Waals surface area (Å²) in [6, 6.07) is 11.2. The minimum atomic E-state index is -4.74. The summed E-state index contributed by atoms with van der Waals surface area (Å²) in [5.74, 6) is -0.662. The molecule has 0 aliphatic heterocycles. The van der Waals surface area contributed by atoms with E-state index in [1.807, 2.05) is 32.0 Å². The molecule has 0 aliphatic carbocycles. The zero-order valence-corrected chi connectivity index (χ0v) is 23.9. The van der Waals surface area contributed by atoms with E-state index in [2.05, 4.69) is 19.9 Å². The number of benzene rings is 2. The van der Waals surface area contributed by atoms with E-state index in [9.17, 15) is 18.0 Å². The van der Waals surface area contributed by atoms with E-state index < -0.39 is 12.3 Å². The fraction of sp³-hybridized carbons (Fsp3) is 0.357. The number of carbonyl (C=O) groups is 1. The Bertz CT molecular complexity index is 1370. The predicted molar refractivity (Wildman–Crippen MR) is 151 cm³/mol.